The van der Waals surface area contributed by atoms with Crippen LogP contribution >= 0.6 is 0 Å². The quantitative estimate of drug-likeness (QED) is 0.713. The summed E-state index contributed by atoms with van der Waals surface area (Å²) in [5.74, 6) is 1.01. The highest BCUT2D eigenvalue weighted by molar-refractivity contribution is 5.48. The first-order chi connectivity index (χ1) is 6.43. The Morgan fingerprint density at radius 3 is 3.23 bits per heavy atom. The Labute approximate surface area is 76.7 Å². The van der Waals surface area contributed by atoms with Crippen molar-refractivity contribution in [2.45, 2.75) is 31.9 Å². The molecule has 0 unspecified atom stereocenters. The molecule has 0 radical (unpaired) electrons. The molecule has 1 aromatic heterocycles. The maximum Gasteiger partial charge on any atom is 0.153 e. The fourth-order valence-corrected chi connectivity index (χ4v) is 1.65. The monoisotopic (exact) mass is 179 g/mol. The van der Waals surface area contributed by atoms with E-state index in [9.17, 15) is 0 Å². The zero-order valence-corrected chi connectivity index (χ0v) is 7.47. The predicted octanol–water partition coefficient (Wildman–Crippen LogP) is 1.06. The Morgan fingerprint density at radius 1 is 1.46 bits per heavy atom. The molecule has 1 aliphatic carbocycles. The van der Waals surface area contributed by atoms with Gasteiger partial charge in [0.1, 0.15) is 0 Å². The number of nitrogens with zero attached hydrogens (tertiary/aromatic N) is 1. The van der Waals surface area contributed by atoms with Crippen molar-refractivity contribution in [1.29, 1.82) is 0 Å². The van der Waals surface area contributed by atoms with Crippen LogP contribution in [0.15, 0.2) is 0 Å². The predicted molar refractivity (Wildman–Crippen MR) is 48.6 cm³/mol. The molecule has 0 spiro atoms. The van der Waals surface area contributed by atoms with Crippen LogP contribution in [0, 0.1) is 0 Å². The SMILES string of the molecule is C1Cc2[nH]nc(NC3CC3)c2CO1. The molecule has 3 rings (SSSR count). The van der Waals surface area contributed by atoms with Gasteiger partial charge in [-0.15, -0.1) is 0 Å². The van der Waals surface area contributed by atoms with Crippen molar-refractivity contribution in [2.24, 2.45) is 0 Å². The fraction of sp³-hybridized carbons (Fsp3) is 0.667. The molecule has 70 valence electrons. The van der Waals surface area contributed by atoms with E-state index in [4.69, 9.17) is 4.74 Å². The lowest BCUT2D eigenvalue weighted by Gasteiger charge is -2.12. The van der Waals surface area contributed by atoms with E-state index in [1.54, 1.807) is 0 Å². The second kappa shape index (κ2) is 2.73. The van der Waals surface area contributed by atoms with Crippen molar-refractivity contribution in [2.75, 3.05) is 11.9 Å². The van der Waals surface area contributed by atoms with E-state index in [0.29, 0.717) is 12.6 Å². The molecule has 4 heteroatoms. The third-order valence-corrected chi connectivity index (χ3v) is 2.61. The molecule has 1 aromatic rings. The number of fused-ring (bicyclic) bond motifs is 1. The molecule has 1 saturated carbocycles. The van der Waals surface area contributed by atoms with E-state index < -0.39 is 0 Å². The zero-order chi connectivity index (χ0) is 8.67. The van der Waals surface area contributed by atoms with Crippen LogP contribution in [0.2, 0.25) is 0 Å². The molecule has 2 N–H and O–H groups in total. The maximum absolute atomic E-state index is 5.40. The molecule has 0 saturated heterocycles. The summed E-state index contributed by atoms with van der Waals surface area (Å²) in [6, 6.07) is 0.661. The Hall–Kier alpha value is -1.03. The molecular formula is C9H13N3O. The van der Waals surface area contributed by atoms with Gasteiger partial charge >= 0.3 is 0 Å². The van der Waals surface area contributed by atoms with Gasteiger partial charge in [0.2, 0.25) is 0 Å². The van der Waals surface area contributed by atoms with E-state index in [-0.39, 0.29) is 0 Å². The summed E-state index contributed by atoms with van der Waals surface area (Å²) in [5, 5.41) is 10.7. The average molecular weight is 179 g/mol. The number of H-pyrrole nitrogens is 1. The van der Waals surface area contributed by atoms with Crippen molar-refractivity contribution in [3.05, 3.63) is 11.3 Å². The number of nitrogens with one attached hydrogen (secondary N) is 2. The van der Waals surface area contributed by atoms with Gasteiger partial charge in [0.05, 0.1) is 13.2 Å². The topological polar surface area (TPSA) is 49.9 Å². The Bertz CT molecular complexity index is 317. The first-order valence-corrected chi connectivity index (χ1v) is 4.84. The van der Waals surface area contributed by atoms with E-state index in [2.05, 4.69) is 15.5 Å². The van der Waals surface area contributed by atoms with Crippen LogP contribution in [-0.4, -0.2) is 22.8 Å². The van der Waals surface area contributed by atoms with Gasteiger partial charge in [0, 0.05) is 23.7 Å². The summed E-state index contributed by atoms with van der Waals surface area (Å²) in [4.78, 5) is 0. The highest BCUT2D eigenvalue weighted by atomic mass is 16.5. The Kier molecular flexibility index (Phi) is 1.55. The van der Waals surface area contributed by atoms with Crippen LogP contribution < -0.4 is 5.32 Å². The fourth-order valence-electron chi connectivity index (χ4n) is 1.65. The molecule has 13 heavy (non-hydrogen) atoms. The molecule has 0 atom stereocenters. The third kappa shape index (κ3) is 1.31. The molecule has 4 nitrogen and oxygen atoms in total. The first-order valence-electron chi connectivity index (χ1n) is 4.84. The van der Waals surface area contributed by atoms with E-state index >= 15 is 0 Å². The van der Waals surface area contributed by atoms with Crippen LogP contribution in [0.4, 0.5) is 5.82 Å². The normalized spacial score (nSPS) is 21.2. The molecule has 2 heterocycles. The smallest absolute Gasteiger partial charge is 0.153 e. The van der Waals surface area contributed by atoms with E-state index in [1.807, 2.05) is 0 Å². The molecular weight excluding hydrogens is 166 g/mol. The lowest BCUT2D eigenvalue weighted by Crippen LogP contribution is -2.11. The van der Waals surface area contributed by atoms with Crippen LogP contribution in [0.3, 0.4) is 0 Å². The molecule has 0 aromatic carbocycles. The van der Waals surface area contributed by atoms with Gasteiger partial charge in [0.15, 0.2) is 5.82 Å². The summed E-state index contributed by atoms with van der Waals surface area (Å²) >= 11 is 0. The van der Waals surface area contributed by atoms with Gasteiger partial charge < -0.3 is 10.1 Å². The maximum atomic E-state index is 5.40. The standard InChI is InChI=1S/C9H13N3O/c1-2-6(1)10-9-7-5-13-4-3-8(7)11-12-9/h6H,1-5H2,(H2,10,11,12). The van der Waals surface area contributed by atoms with Crippen molar-refractivity contribution in [3.63, 3.8) is 0 Å². The Balaban J connectivity index is 1.86. The third-order valence-electron chi connectivity index (χ3n) is 2.61. The van der Waals surface area contributed by atoms with Crippen molar-refractivity contribution in [3.8, 4) is 0 Å². The summed E-state index contributed by atoms with van der Waals surface area (Å²) < 4.78 is 5.40. The molecule has 1 aliphatic heterocycles. The summed E-state index contributed by atoms with van der Waals surface area (Å²) in [5.41, 5.74) is 2.48. The highest BCUT2D eigenvalue weighted by Crippen LogP contribution is 2.28. The lowest BCUT2D eigenvalue weighted by molar-refractivity contribution is 0.110. The van der Waals surface area contributed by atoms with Gasteiger partial charge in [-0.25, -0.2) is 0 Å². The van der Waals surface area contributed by atoms with Crippen LogP contribution in [0.1, 0.15) is 24.1 Å². The second-order valence-electron chi connectivity index (χ2n) is 3.75. The number of anilines is 1. The second-order valence-corrected chi connectivity index (χ2v) is 3.75. The summed E-state index contributed by atoms with van der Waals surface area (Å²) in [6.45, 7) is 1.53. The van der Waals surface area contributed by atoms with Crippen molar-refractivity contribution in [1.82, 2.24) is 10.2 Å². The van der Waals surface area contributed by atoms with Gasteiger partial charge in [-0.1, -0.05) is 0 Å². The highest BCUT2D eigenvalue weighted by Gasteiger charge is 2.25. The Morgan fingerprint density at radius 2 is 2.38 bits per heavy atom. The summed E-state index contributed by atoms with van der Waals surface area (Å²) in [7, 11) is 0. The van der Waals surface area contributed by atoms with E-state index in [0.717, 1.165) is 18.8 Å². The molecule has 2 aliphatic rings. The molecule has 1 fully saturated rings. The zero-order valence-electron chi connectivity index (χ0n) is 7.47. The van der Waals surface area contributed by atoms with Crippen molar-refractivity contribution >= 4 is 5.82 Å². The largest absolute Gasteiger partial charge is 0.376 e. The minimum atomic E-state index is 0.661. The minimum Gasteiger partial charge on any atom is -0.376 e. The number of ether oxygens (including phenoxy) is 1. The lowest BCUT2D eigenvalue weighted by atomic mass is 10.1. The number of rotatable bonds is 2. The number of aromatic amines is 1. The van der Waals surface area contributed by atoms with Crippen LogP contribution in [0.25, 0.3) is 0 Å². The van der Waals surface area contributed by atoms with Crippen LogP contribution in [-0.2, 0) is 17.8 Å². The van der Waals surface area contributed by atoms with Gasteiger partial charge in [-0.05, 0) is 12.8 Å². The van der Waals surface area contributed by atoms with E-state index in [1.165, 1.54) is 24.1 Å². The number of aromatic nitrogens is 2. The number of hydrogen-bond acceptors (Lipinski definition) is 3. The van der Waals surface area contributed by atoms with Gasteiger partial charge in [-0.2, -0.15) is 5.10 Å². The van der Waals surface area contributed by atoms with Gasteiger partial charge in [0.25, 0.3) is 0 Å². The number of hydrogen-bond donors (Lipinski definition) is 2. The van der Waals surface area contributed by atoms with Crippen molar-refractivity contribution < 1.29 is 4.74 Å². The minimum absolute atomic E-state index is 0.661. The first kappa shape index (κ1) is 7.38. The molecule has 0 bridgehead atoms. The average Bonchev–Trinajstić information content (AvgIpc) is 2.88. The van der Waals surface area contributed by atoms with Crippen LogP contribution in [0.5, 0.6) is 0 Å². The molecule has 0 amide bonds. The van der Waals surface area contributed by atoms with Gasteiger partial charge in [-0.3, -0.25) is 5.10 Å². The summed E-state index contributed by atoms with van der Waals surface area (Å²) in [6.07, 6.45) is 3.53.